The number of rotatable bonds is 2. The number of nitrogens with zero attached hydrogens (tertiary/aromatic N) is 1. The Hall–Kier alpha value is -0.940. The lowest BCUT2D eigenvalue weighted by Crippen LogP contribution is -2.24. The molecule has 2 heterocycles. The average Bonchev–Trinajstić information content (AvgIpc) is 2.90. The molecule has 92 valence electrons. The summed E-state index contributed by atoms with van der Waals surface area (Å²) in [6, 6.07) is 0. The van der Waals surface area contributed by atoms with E-state index in [2.05, 4.69) is 15.6 Å². The third-order valence-corrected chi connectivity index (χ3v) is 4.58. The zero-order chi connectivity index (χ0) is 11.7. The number of hydrogen-bond acceptors (Lipinski definition) is 4. The van der Waals surface area contributed by atoms with Crippen LogP contribution in [0.1, 0.15) is 42.7 Å². The summed E-state index contributed by atoms with van der Waals surface area (Å²) in [5, 5.41) is 7.01. The van der Waals surface area contributed by atoms with E-state index in [4.69, 9.17) is 0 Å². The van der Waals surface area contributed by atoms with Crippen LogP contribution in [0.2, 0.25) is 0 Å². The molecule has 0 atom stereocenters. The van der Waals surface area contributed by atoms with Gasteiger partial charge in [-0.1, -0.05) is 19.3 Å². The van der Waals surface area contributed by atoms with Crippen molar-refractivity contribution >= 4 is 22.4 Å². The minimum absolute atomic E-state index is 0.171. The lowest BCUT2D eigenvalue weighted by atomic mass is 9.89. The van der Waals surface area contributed by atoms with Crippen molar-refractivity contribution in [2.45, 2.75) is 45.2 Å². The Kier molecular flexibility index (Phi) is 3.11. The maximum atomic E-state index is 12.0. The summed E-state index contributed by atoms with van der Waals surface area (Å²) in [6.07, 6.45) is 5.74. The van der Waals surface area contributed by atoms with Crippen LogP contribution in [0.3, 0.4) is 0 Å². The van der Waals surface area contributed by atoms with Gasteiger partial charge in [-0.25, -0.2) is 4.98 Å². The Morgan fingerprint density at radius 3 is 2.88 bits per heavy atom. The minimum atomic E-state index is 0.171. The molecule has 1 aliphatic heterocycles. The van der Waals surface area contributed by atoms with Crippen LogP contribution in [-0.2, 0) is 17.9 Å². The van der Waals surface area contributed by atoms with Crippen molar-refractivity contribution in [1.82, 2.24) is 10.3 Å². The van der Waals surface area contributed by atoms with E-state index in [0.717, 1.165) is 36.8 Å². The predicted molar refractivity (Wildman–Crippen MR) is 67.9 cm³/mol. The molecule has 1 saturated carbocycles. The van der Waals surface area contributed by atoms with Crippen LogP contribution in [-0.4, -0.2) is 10.9 Å². The molecule has 2 aliphatic rings. The topological polar surface area (TPSA) is 54.0 Å². The van der Waals surface area contributed by atoms with E-state index in [-0.39, 0.29) is 11.8 Å². The number of anilines is 1. The monoisotopic (exact) mass is 251 g/mol. The molecule has 5 heteroatoms. The molecule has 3 rings (SSSR count). The third-order valence-electron chi connectivity index (χ3n) is 3.56. The number of hydrogen-bond donors (Lipinski definition) is 2. The van der Waals surface area contributed by atoms with E-state index < -0.39 is 0 Å². The van der Waals surface area contributed by atoms with Crippen molar-refractivity contribution in [2.75, 3.05) is 5.32 Å². The Bertz CT molecular complexity index is 402. The maximum absolute atomic E-state index is 12.0. The number of amides is 1. The molecule has 17 heavy (non-hydrogen) atoms. The second kappa shape index (κ2) is 4.74. The molecule has 0 bridgehead atoms. The number of nitrogens with one attached hydrogen (secondary N) is 2. The first-order valence-corrected chi connectivity index (χ1v) is 7.15. The van der Waals surface area contributed by atoms with Gasteiger partial charge < -0.3 is 10.6 Å². The quantitative estimate of drug-likeness (QED) is 0.847. The Morgan fingerprint density at radius 1 is 1.29 bits per heavy atom. The van der Waals surface area contributed by atoms with Crippen LogP contribution >= 0.6 is 11.3 Å². The van der Waals surface area contributed by atoms with Gasteiger partial charge in [-0.2, -0.15) is 0 Å². The normalized spacial score (nSPS) is 20.2. The summed E-state index contributed by atoms with van der Waals surface area (Å²) < 4.78 is 0. The van der Waals surface area contributed by atoms with E-state index in [9.17, 15) is 4.79 Å². The lowest BCUT2D eigenvalue weighted by Gasteiger charge is -2.19. The summed E-state index contributed by atoms with van der Waals surface area (Å²) >= 11 is 1.61. The van der Waals surface area contributed by atoms with Crippen molar-refractivity contribution < 1.29 is 4.79 Å². The number of carbonyl (C=O) groups excluding carboxylic acids is 1. The van der Waals surface area contributed by atoms with E-state index in [1.54, 1.807) is 11.3 Å². The molecular weight excluding hydrogens is 234 g/mol. The van der Waals surface area contributed by atoms with Crippen LogP contribution in [0.15, 0.2) is 0 Å². The summed E-state index contributed by atoms with van der Waals surface area (Å²) in [4.78, 5) is 17.8. The molecule has 1 fully saturated rings. The van der Waals surface area contributed by atoms with Crippen molar-refractivity contribution in [2.24, 2.45) is 5.92 Å². The second-order valence-corrected chi connectivity index (χ2v) is 5.90. The zero-order valence-corrected chi connectivity index (χ0v) is 10.6. The highest BCUT2D eigenvalue weighted by atomic mass is 32.1. The molecule has 0 spiro atoms. The summed E-state index contributed by atoms with van der Waals surface area (Å²) in [6.45, 7) is 1.73. The van der Waals surface area contributed by atoms with Gasteiger partial charge >= 0.3 is 0 Å². The van der Waals surface area contributed by atoms with Crippen molar-refractivity contribution in [3.8, 4) is 0 Å². The van der Waals surface area contributed by atoms with Gasteiger partial charge in [0.15, 0.2) is 5.13 Å². The molecule has 0 radical (unpaired) electrons. The minimum Gasteiger partial charge on any atom is -0.306 e. The second-order valence-electron chi connectivity index (χ2n) is 4.82. The van der Waals surface area contributed by atoms with Gasteiger partial charge in [0, 0.05) is 23.9 Å². The van der Waals surface area contributed by atoms with E-state index in [0.29, 0.717) is 0 Å². The van der Waals surface area contributed by atoms with Crippen molar-refractivity contribution in [3.05, 3.63) is 10.6 Å². The van der Waals surface area contributed by atoms with Gasteiger partial charge in [0.05, 0.1) is 5.69 Å². The predicted octanol–water partition coefficient (Wildman–Crippen LogP) is 2.27. The SMILES string of the molecule is O=C(Nc1nc2c(s1)CNC2)C1CCCCC1. The summed E-state index contributed by atoms with van der Waals surface area (Å²) in [7, 11) is 0. The zero-order valence-electron chi connectivity index (χ0n) is 9.79. The molecule has 1 aliphatic carbocycles. The molecular formula is C12H17N3OS. The van der Waals surface area contributed by atoms with Crippen LogP contribution in [0.25, 0.3) is 0 Å². The van der Waals surface area contributed by atoms with Gasteiger partial charge in [0.1, 0.15) is 0 Å². The number of carbonyl (C=O) groups is 1. The Morgan fingerprint density at radius 2 is 2.12 bits per heavy atom. The van der Waals surface area contributed by atoms with E-state index in [1.807, 2.05) is 0 Å². The first-order chi connectivity index (χ1) is 8.33. The molecule has 1 aromatic rings. The third kappa shape index (κ3) is 2.35. The van der Waals surface area contributed by atoms with Gasteiger partial charge in [-0.05, 0) is 12.8 Å². The van der Waals surface area contributed by atoms with Crippen LogP contribution in [0.4, 0.5) is 5.13 Å². The van der Waals surface area contributed by atoms with E-state index >= 15 is 0 Å². The van der Waals surface area contributed by atoms with Crippen molar-refractivity contribution in [1.29, 1.82) is 0 Å². The number of thiazole rings is 1. The highest BCUT2D eigenvalue weighted by Gasteiger charge is 2.23. The number of aromatic nitrogens is 1. The fourth-order valence-corrected chi connectivity index (χ4v) is 3.53. The molecule has 4 nitrogen and oxygen atoms in total. The van der Waals surface area contributed by atoms with Crippen LogP contribution in [0.5, 0.6) is 0 Å². The number of fused-ring (bicyclic) bond motifs is 1. The van der Waals surface area contributed by atoms with Gasteiger partial charge in [-0.15, -0.1) is 11.3 Å². The fraction of sp³-hybridized carbons (Fsp3) is 0.667. The van der Waals surface area contributed by atoms with Crippen molar-refractivity contribution in [3.63, 3.8) is 0 Å². The van der Waals surface area contributed by atoms with Crippen LogP contribution in [0, 0.1) is 5.92 Å². The van der Waals surface area contributed by atoms with Gasteiger partial charge in [-0.3, -0.25) is 4.79 Å². The molecule has 1 aromatic heterocycles. The smallest absolute Gasteiger partial charge is 0.229 e. The maximum Gasteiger partial charge on any atom is 0.229 e. The lowest BCUT2D eigenvalue weighted by molar-refractivity contribution is -0.120. The molecule has 0 aromatic carbocycles. The first-order valence-electron chi connectivity index (χ1n) is 6.33. The molecule has 0 saturated heterocycles. The van der Waals surface area contributed by atoms with Gasteiger partial charge in [0.2, 0.25) is 5.91 Å². The molecule has 0 unspecified atom stereocenters. The Labute approximate surface area is 105 Å². The Balaban J connectivity index is 1.63. The molecule has 2 N–H and O–H groups in total. The highest BCUT2D eigenvalue weighted by molar-refractivity contribution is 7.15. The highest BCUT2D eigenvalue weighted by Crippen LogP contribution is 2.29. The standard InChI is InChI=1S/C12H17N3OS/c16-11(8-4-2-1-3-5-8)15-12-14-9-6-13-7-10(9)17-12/h8,13H,1-7H2,(H,14,15,16). The largest absolute Gasteiger partial charge is 0.306 e. The average molecular weight is 251 g/mol. The van der Waals surface area contributed by atoms with Gasteiger partial charge in [0.25, 0.3) is 0 Å². The first kappa shape index (κ1) is 11.2. The van der Waals surface area contributed by atoms with Crippen LogP contribution < -0.4 is 10.6 Å². The summed E-state index contributed by atoms with van der Waals surface area (Å²) in [5.74, 6) is 0.380. The van der Waals surface area contributed by atoms with E-state index in [1.165, 1.54) is 24.1 Å². The fourth-order valence-electron chi connectivity index (χ4n) is 2.58. The molecule has 1 amide bonds. The summed E-state index contributed by atoms with van der Waals surface area (Å²) in [5.41, 5.74) is 1.11.